The van der Waals surface area contributed by atoms with Crippen LogP contribution in [0.25, 0.3) is 0 Å². The first-order valence-corrected chi connectivity index (χ1v) is 8.56. The third-order valence-corrected chi connectivity index (χ3v) is 3.97. The smallest absolute Gasteiger partial charge is 0.213 e. The van der Waals surface area contributed by atoms with Crippen LogP contribution in [0.15, 0.2) is 23.2 Å². The lowest BCUT2D eigenvalue weighted by Gasteiger charge is -2.32. The van der Waals surface area contributed by atoms with Gasteiger partial charge in [-0.05, 0) is 19.9 Å². The highest BCUT2D eigenvalue weighted by Gasteiger charge is 2.16. The molecule has 142 valence electrons. The molecular weight excluding hydrogens is 433 g/mol. The Morgan fingerprint density at radius 2 is 2.12 bits per heavy atom. The lowest BCUT2D eigenvalue weighted by Crippen LogP contribution is -2.49. The van der Waals surface area contributed by atoms with E-state index in [1.54, 1.807) is 7.11 Å². The van der Waals surface area contributed by atoms with Crippen molar-refractivity contribution in [1.82, 2.24) is 20.5 Å². The van der Waals surface area contributed by atoms with Gasteiger partial charge in [0.2, 0.25) is 5.88 Å². The second-order valence-electron chi connectivity index (χ2n) is 5.74. The second-order valence-corrected chi connectivity index (χ2v) is 5.74. The van der Waals surface area contributed by atoms with Crippen LogP contribution in [-0.2, 0) is 11.3 Å². The van der Waals surface area contributed by atoms with Crippen LogP contribution in [0.5, 0.6) is 5.88 Å². The van der Waals surface area contributed by atoms with Crippen LogP contribution in [-0.4, -0.2) is 68.4 Å². The quantitative estimate of drug-likeness (QED) is 0.363. The zero-order valence-corrected chi connectivity index (χ0v) is 17.7. The fourth-order valence-corrected chi connectivity index (χ4v) is 2.55. The summed E-state index contributed by atoms with van der Waals surface area (Å²) in [5.41, 5.74) is 0.882. The van der Waals surface area contributed by atoms with E-state index in [0.717, 1.165) is 51.0 Å². The predicted octanol–water partition coefficient (Wildman–Crippen LogP) is 1.48. The molecule has 2 heterocycles. The molecule has 25 heavy (non-hydrogen) atoms. The number of hydrogen-bond donors (Lipinski definition) is 2. The first-order chi connectivity index (χ1) is 11.7. The van der Waals surface area contributed by atoms with Gasteiger partial charge >= 0.3 is 0 Å². The molecule has 1 aliphatic rings. The highest BCUT2D eigenvalue weighted by molar-refractivity contribution is 14.0. The number of aliphatic imine (C=N–C) groups is 1. The number of aromatic nitrogens is 1. The summed E-state index contributed by atoms with van der Waals surface area (Å²) in [6.45, 7) is 10.1. The summed E-state index contributed by atoms with van der Waals surface area (Å²) < 4.78 is 10.6. The van der Waals surface area contributed by atoms with Crippen LogP contribution in [0.4, 0.5) is 0 Å². The minimum Gasteiger partial charge on any atom is -0.481 e. The molecule has 0 amide bonds. The van der Waals surface area contributed by atoms with Gasteiger partial charge < -0.3 is 20.1 Å². The van der Waals surface area contributed by atoms with Crippen molar-refractivity contribution >= 4 is 29.9 Å². The van der Waals surface area contributed by atoms with Gasteiger partial charge in [-0.2, -0.15) is 0 Å². The van der Waals surface area contributed by atoms with Crippen molar-refractivity contribution in [2.45, 2.75) is 26.4 Å². The number of halogens is 1. The third-order valence-electron chi connectivity index (χ3n) is 3.97. The molecule has 0 aliphatic carbocycles. The maximum absolute atomic E-state index is 5.41. The lowest BCUT2D eigenvalue weighted by molar-refractivity contribution is 0.0211. The molecule has 8 heteroatoms. The summed E-state index contributed by atoms with van der Waals surface area (Å²) in [5.74, 6) is 1.42. The molecule has 1 atom stereocenters. The van der Waals surface area contributed by atoms with Crippen molar-refractivity contribution in [2.75, 3.05) is 46.5 Å². The van der Waals surface area contributed by atoms with Gasteiger partial charge in [0.1, 0.15) is 0 Å². The van der Waals surface area contributed by atoms with Crippen LogP contribution in [0.3, 0.4) is 0 Å². The molecule has 1 aromatic rings. The number of methoxy groups -OCH3 is 1. The Balaban J connectivity index is 0.00000312. The van der Waals surface area contributed by atoms with E-state index in [-0.39, 0.29) is 24.0 Å². The van der Waals surface area contributed by atoms with E-state index in [1.807, 2.05) is 18.2 Å². The van der Waals surface area contributed by atoms with E-state index < -0.39 is 0 Å². The topological polar surface area (TPSA) is 71.0 Å². The van der Waals surface area contributed by atoms with Gasteiger partial charge in [0, 0.05) is 38.3 Å². The van der Waals surface area contributed by atoms with E-state index in [9.17, 15) is 0 Å². The Hall–Kier alpha value is -1.13. The van der Waals surface area contributed by atoms with Crippen molar-refractivity contribution in [1.29, 1.82) is 0 Å². The predicted molar refractivity (Wildman–Crippen MR) is 111 cm³/mol. The lowest BCUT2D eigenvalue weighted by atomic mass is 10.2. The van der Waals surface area contributed by atoms with Gasteiger partial charge in [0.25, 0.3) is 0 Å². The van der Waals surface area contributed by atoms with E-state index >= 15 is 0 Å². The molecule has 0 saturated carbocycles. The van der Waals surface area contributed by atoms with Gasteiger partial charge in [-0.3, -0.25) is 4.90 Å². The molecule has 0 radical (unpaired) electrons. The fourth-order valence-electron chi connectivity index (χ4n) is 2.55. The SMILES string of the molecule is CCNC(=NCc1cccc(OC)n1)NCC(C)N1CCOCC1.I. The third kappa shape index (κ3) is 7.74. The molecule has 1 aromatic heterocycles. The van der Waals surface area contributed by atoms with Crippen LogP contribution >= 0.6 is 24.0 Å². The summed E-state index contributed by atoms with van der Waals surface area (Å²) in [5, 5.41) is 6.69. The first-order valence-electron chi connectivity index (χ1n) is 8.56. The minimum atomic E-state index is 0. The van der Waals surface area contributed by atoms with Crippen molar-refractivity contribution in [3.8, 4) is 5.88 Å². The largest absolute Gasteiger partial charge is 0.481 e. The zero-order chi connectivity index (χ0) is 17.2. The molecule has 1 unspecified atom stereocenters. The Kier molecular flexibility index (Phi) is 10.7. The summed E-state index contributed by atoms with van der Waals surface area (Å²) in [6.07, 6.45) is 0. The van der Waals surface area contributed by atoms with Gasteiger partial charge in [0.15, 0.2) is 5.96 Å². The number of hydrogen-bond acceptors (Lipinski definition) is 5. The average Bonchev–Trinajstić information content (AvgIpc) is 2.64. The van der Waals surface area contributed by atoms with Crippen molar-refractivity contribution in [3.05, 3.63) is 23.9 Å². The summed E-state index contributed by atoms with van der Waals surface area (Å²) >= 11 is 0. The number of rotatable bonds is 7. The molecule has 1 fully saturated rings. The number of ether oxygens (including phenoxy) is 2. The van der Waals surface area contributed by atoms with Crippen LogP contribution in [0, 0.1) is 0 Å². The van der Waals surface area contributed by atoms with Crippen molar-refractivity contribution in [3.63, 3.8) is 0 Å². The van der Waals surface area contributed by atoms with E-state index in [2.05, 4.69) is 39.4 Å². The standard InChI is InChI=1S/C17H29N5O2.HI/c1-4-18-17(19-12-14(2)22-8-10-24-11-9-22)20-13-15-6-5-7-16(21-15)23-3;/h5-7,14H,4,8-13H2,1-3H3,(H2,18,19,20);1H. The number of pyridine rings is 1. The van der Waals surface area contributed by atoms with Crippen LogP contribution in [0.2, 0.25) is 0 Å². The van der Waals surface area contributed by atoms with E-state index in [0.29, 0.717) is 18.5 Å². The molecule has 2 N–H and O–H groups in total. The minimum absolute atomic E-state index is 0. The summed E-state index contributed by atoms with van der Waals surface area (Å²) in [7, 11) is 1.62. The van der Waals surface area contributed by atoms with Crippen LogP contribution < -0.4 is 15.4 Å². The number of guanidine groups is 1. The van der Waals surface area contributed by atoms with Crippen molar-refractivity contribution in [2.24, 2.45) is 4.99 Å². The van der Waals surface area contributed by atoms with Crippen LogP contribution in [0.1, 0.15) is 19.5 Å². The monoisotopic (exact) mass is 463 g/mol. The van der Waals surface area contributed by atoms with Gasteiger partial charge in [0.05, 0.1) is 32.6 Å². The Bertz CT molecular complexity index is 524. The first kappa shape index (κ1) is 21.9. The van der Waals surface area contributed by atoms with Gasteiger partial charge in [-0.15, -0.1) is 24.0 Å². The van der Waals surface area contributed by atoms with E-state index in [4.69, 9.17) is 9.47 Å². The normalized spacial score (nSPS) is 16.7. The molecule has 1 saturated heterocycles. The molecule has 0 aromatic carbocycles. The maximum Gasteiger partial charge on any atom is 0.213 e. The highest BCUT2D eigenvalue weighted by atomic mass is 127. The zero-order valence-electron chi connectivity index (χ0n) is 15.3. The summed E-state index contributed by atoms with van der Waals surface area (Å²) in [4.78, 5) is 11.4. The van der Waals surface area contributed by atoms with E-state index in [1.165, 1.54) is 0 Å². The second kappa shape index (κ2) is 12.3. The molecule has 0 spiro atoms. The van der Waals surface area contributed by atoms with Crippen molar-refractivity contribution < 1.29 is 9.47 Å². The molecule has 0 bridgehead atoms. The van der Waals surface area contributed by atoms with Gasteiger partial charge in [-0.1, -0.05) is 6.07 Å². The maximum atomic E-state index is 5.41. The summed E-state index contributed by atoms with van der Waals surface area (Å²) in [6, 6.07) is 6.15. The Morgan fingerprint density at radius 3 is 2.80 bits per heavy atom. The highest BCUT2D eigenvalue weighted by Crippen LogP contribution is 2.07. The molecule has 1 aliphatic heterocycles. The molecule has 2 rings (SSSR count). The van der Waals surface area contributed by atoms with Gasteiger partial charge in [-0.25, -0.2) is 9.98 Å². The molecule has 7 nitrogen and oxygen atoms in total. The number of morpholine rings is 1. The Morgan fingerprint density at radius 1 is 1.36 bits per heavy atom. The molecular formula is C17H30IN5O2. The average molecular weight is 463 g/mol. The Labute approximate surface area is 167 Å². The number of nitrogens with one attached hydrogen (secondary N) is 2. The number of nitrogens with zero attached hydrogens (tertiary/aromatic N) is 3. The fraction of sp³-hybridized carbons (Fsp3) is 0.647.